The van der Waals surface area contributed by atoms with Crippen molar-refractivity contribution in [2.24, 2.45) is 5.92 Å². The molecule has 0 amide bonds. The van der Waals surface area contributed by atoms with Crippen molar-refractivity contribution in [3.63, 3.8) is 0 Å². The second-order valence-corrected chi connectivity index (χ2v) is 5.93. The maximum absolute atomic E-state index is 12.0. The number of carbonyl (C=O) groups excluding carboxylic acids is 3. The zero-order valence-electron chi connectivity index (χ0n) is 14.1. The third-order valence-corrected chi connectivity index (χ3v) is 4.28. The maximum atomic E-state index is 12.0. The van der Waals surface area contributed by atoms with Gasteiger partial charge in [0.25, 0.3) is 0 Å². The number of hydrogen-bond acceptors (Lipinski definition) is 7. The number of oxazole rings is 1. The number of ether oxygens (including phenoxy) is 2. The van der Waals surface area contributed by atoms with Crippen molar-refractivity contribution in [2.75, 3.05) is 13.7 Å². The summed E-state index contributed by atoms with van der Waals surface area (Å²) in [6.45, 7) is 2.10. The highest BCUT2D eigenvalue weighted by molar-refractivity contribution is 5.96. The normalized spacial score (nSPS) is 20.4. The fourth-order valence-corrected chi connectivity index (χ4v) is 2.97. The standard InChI is InChI=1S/C17H23NO6/c1-3-23-16(21)8-13-10-24-17(18-13)12-6-4-11(5-7-12)14(19)9-15(20)22-2/h10-12H,3-9H2,1-2H3. The van der Waals surface area contributed by atoms with Crippen LogP contribution >= 0.6 is 0 Å². The Morgan fingerprint density at radius 3 is 2.54 bits per heavy atom. The van der Waals surface area contributed by atoms with Crippen molar-refractivity contribution in [3.8, 4) is 0 Å². The third-order valence-electron chi connectivity index (χ3n) is 4.28. The molecular formula is C17H23NO6. The van der Waals surface area contributed by atoms with Gasteiger partial charge in [0.1, 0.15) is 18.5 Å². The number of aromatic nitrogens is 1. The molecule has 0 aliphatic heterocycles. The Labute approximate surface area is 140 Å². The largest absolute Gasteiger partial charge is 0.469 e. The summed E-state index contributed by atoms with van der Waals surface area (Å²) < 4.78 is 14.9. The number of ketones is 1. The van der Waals surface area contributed by atoms with Gasteiger partial charge in [-0.15, -0.1) is 0 Å². The van der Waals surface area contributed by atoms with Crippen molar-refractivity contribution >= 4 is 17.7 Å². The molecule has 0 unspecified atom stereocenters. The van der Waals surface area contributed by atoms with Crippen molar-refractivity contribution < 1.29 is 28.3 Å². The van der Waals surface area contributed by atoms with Crippen molar-refractivity contribution in [3.05, 3.63) is 17.8 Å². The molecule has 1 fully saturated rings. The van der Waals surface area contributed by atoms with Crippen LogP contribution in [0.1, 0.15) is 56.5 Å². The summed E-state index contributed by atoms with van der Waals surface area (Å²) in [5, 5.41) is 0. The summed E-state index contributed by atoms with van der Waals surface area (Å²) in [7, 11) is 1.28. The Morgan fingerprint density at radius 1 is 1.21 bits per heavy atom. The minimum atomic E-state index is -0.488. The minimum absolute atomic E-state index is 0.0595. The molecule has 132 valence electrons. The van der Waals surface area contributed by atoms with Crippen LogP contribution in [0.3, 0.4) is 0 Å². The quantitative estimate of drug-likeness (QED) is 0.556. The van der Waals surface area contributed by atoms with Gasteiger partial charge in [0, 0.05) is 11.8 Å². The number of methoxy groups -OCH3 is 1. The summed E-state index contributed by atoms with van der Waals surface area (Å²) in [6.07, 6.45) is 4.39. The topological polar surface area (TPSA) is 95.7 Å². The summed E-state index contributed by atoms with van der Waals surface area (Å²) >= 11 is 0. The molecule has 0 aromatic carbocycles. The van der Waals surface area contributed by atoms with Crippen LogP contribution in [0.25, 0.3) is 0 Å². The van der Waals surface area contributed by atoms with Crippen LogP contribution in [-0.2, 0) is 30.3 Å². The Balaban J connectivity index is 1.84. The lowest BCUT2D eigenvalue weighted by Gasteiger charge is -2.25. The molecule has 1 aromatic heterocycles. The molecule has 0 radical (unpaired) electrons. The first kappa shape index (κ1) is 18.2. The SMILES string of the molecule is CCOC(=O)Cc1coc(C2CCC(C(=O)CC(=O)OC)CC2)n1. The van der Waals surface area contributed by atoms with E-state index >= 15 is 0 Å². The number of Topliss-reactive ketones (excluding diaryl/α,β-unsaturated/α-hetero) is 1. The number of nitrogens with zero attached hydrogens (tertiary/aromatic N) is 1. The molecule has 1 aliphatic carbocycles. The predicted octanol–water partition coefficient (Wildman–Crippen LogP) is 2.19. The van der Waals surface area contributed by atoms with Gasteiger partial charge >= 0.3 is 11.9 Å². The zero-order chi connectivity index (χ0) is 17.5. The lowest BCUT2D eigenvalue weighted by Crippen LogP contribution is -2.23. The van der Waals surface area contributed by atoms with E-state index in [0.717, 1.165) is 12.8 Å². The van der Waals surface area contributed by atoms with Crippen LogP contribution < -0.4 is 0 Å². The Bertz CT molecular complexity index is 586. The van der Waals surface area contributed by atoms with Gasteiger partial charge in [0.05, 0.1) is 25.8 Å². The van der Waals surface area contributed by atoms with E-state index in [2.05, 4.69) is 9.72 Å². The second kappa shape index (κ2) is 8.61. The molecule has 0 N–H and O–H groups in total. The molecule has 2 rings (SSSR count). The molecule has 0 bridgehead atoms. The van der Waals surface area contributed by atoms with Crippen LogP contribution in [0.15, 0.2) is 10.7 Å². The van der Waals surface area contributed by atoms with E-state index in [-0.39, 0.29) is 36.4 Å². The van der Waals surface area contributed by atoms with Crippen molar-refractivity contribution in [1.29, 1.82) is 0 Å². The molecule has 7 nitrogen and oxygen atoms in total. The fraction of sp³-hybridized carbons (Fsp3) is 0.647. The first-order valence-corrected chi connectivity index (χ1v) is 8.22. The van der Waals surface area contributed by atoms with Crippen LogP contribution in [0.5, 0.6) is 0 Å². The summed E-state index contributed by atoms with van der Waals surface area (Å²) in [5.74, 6) is -0.228. The Kier molecular flexibility index (Phi) is 6.52. The van der Waals surface area contributed by atoms with Crippen LogP contribution in [0, 0.1) is 5.92 Å². The monoisotopic (exact) mass is 337 g/mol. The Morgan fingerprint density at radius 2 is 1.92 bits per heavy atom. The highest BCUT2D eigenvalue weighted by Crippen LogP contribution is 2.36. The second-order valence-electron chi connectivity index (χ2n) is 5.93. The molecule has 1 saturated carbocycles. The number of carbonyl (C=O) groups is 3. The summed E-state index contributed by atoms with van der Waals surface area (Å²) in [6, 6.07) is 0. The van der Waals surface area contributed by atoms with Gasteiger partial charge in [-0.1, -0.05) is 0 Å². The average molecular weight is 337 g/mol. The lowest BCUT2D eigenvalue weighted by atomic mass is 9.79. The molecular weight excluding hydrogens is 314 g/mol. The van der Waals surface area contributed by atoms with Gasteiger partial charge in [-0.2, -0.15) is 0 Å². The van der Waals surface area contributed by atoms with Crippen LogP contribution in [0.2, 0.25) is 0 Å². The average Bonchev–Trinajstić information content (AvgIpc) is 3.03. The molecule has 0 spiro atoms. The molecule has 1 aromatic rings. The van der Waals surface area contributed by atoms with Crippen LogP contribution in [0.4, 0.5) is 0 Å². The number of hydrogen-bond donors (Lipinski definition) is 0. The molecule has 7 heteroatoms. The summed E-state index contributed by atoms with van der Waals surface area (Å²) in [4.78, 5) is 39.0. The van der Waals surface area contributed by atoms with E-state index in [9.17, 15) is 14.4 Å². The van der Waals surface area contributed by atoms with Gasteiger partial charge in [-0.3, -0.25) is 14.4 Å². The van der Waals surface area contributed by atoms with Gasteiger partial charge in [-0.25, -0.2) is 4.98 Å². The van der Waals surface area contributed by atoms with E-state index in [1.807, 2.05) is 0 Å². The van der Waals surface area contributed by atoms with Crippen LogP contribution in [-0.4, -0.2) is 36.4 Å². The van der Waals surface area contributed by atoms with E-state index in [4.69, 9.17) is 9.15 Å². The Hall–Kier alpha value is -2.18. The molecule has 1 heterocycles. The lowest BCUT2D eigenvalue weighted by molar-refractivity contribution is -0.145. The zero-order valence-corrected chi connectivity index (χ0v) is 14.1. The highest BCUT2D eigenvalue weighted by Gasteiger charge is 2.30. The number of esters is 2. The fourth-order valence-electron chi connectivity index (χ4n) is 2.97. The van der Waals surface area contributed by atoms with Gasteiger partial charge in [-0.05, 0) is 32.6 Å². The highest BCUT2D eigenvalue weighted by atomic mass is 16.5. The van der Waals surface area contributed by atoms with E-state index in [1.165, 1.54) is 13.4 Å². The predicted molar refractivity (Wildman–Crippen MR) is 83.2 cm³/mol. The maximum Gasteiger partial charge on any atom is 0.313 e. The molecule has 24 heavy (non-hydrogen) atoms. The van der Waals surface area contributed by atoms with Gasteiger partial charge in [0.15, 0.2) is 5.89 Å². The van der Waals surface area contributed by atoms with E-state index in [1.54, 1.807) is 6.92 Å². The summed E-state index contributed by atoms with van der Waals surface area (Å²) in [5.41, 5.74) is 0.562. The molecule has 0 saturated heterocycles. The van der Waals surface area contributed by atoms with Crippen molar-refractivity contribution in [2.45, 2.75) is 51.4 Å². The van der Waals surface area contributed by atoms with Gasteiger partial charge in [0.2, 0.25) is 0 Å². The van der Waals surface area contributed by atoms with Crippen molar-refractivity contribution in [1.82, 2.24) is 4.98 Å². The minimum Gasteiger partial charge on any atom is -0.469 e. The molecule has 0 atom stereocenters. The first-order chi connectivity index (χ1) is 11.5. The van der Waals surface area contributed by atoms with E-state index in [0.29, 0.717) is 31.0 Å². The van der Waals surface area contributed by atoms with Gasteiger partial charge < -0.3 is 13.9 Å². The number of rotatable bonds is 7. The smallest absolute Gasteiger partial charge is 0.313 e. The molecule has 1 aliphatic rings. The first-order valence-electron chi connectivity index (χ1n) is 8.22. The van der Waals surface area contributed by atoms with E-state index < -0.39 is 5.97 Å². The third kappa shape index (κ3) is 4.91.